The second-order valence-electron chi connectivity index (χ2n) is 10.7. The standard InChI is InChI=1S/C32H28N12O6S2.2Na/c33-27-39-29(35-21-7-3-1-4-8-21)43-31(41-27)37-23-15-13-19(25(17-23)51(45,46)47)11-12-20-14-16-24(18-26(20)52(48,49)50)38-32-42-28(34)40-30(44-32)36-22-9-5-2-6-10-22;;/h1-18H,(H,45,46,47)(H,48,49,50)(H4,33,35,37,39,41,43)(H4,34,36,38,40,42,44);;/q;2*+1/p-2/b12-11+;;. The molecule has 0 radical (unpaired) electrons. The van der Waals surface area contributed by atoms with Crippen LogP contribution in [-0.2, 0) is 20.2 Å². The number of benzene rings is 4. The van der Waals surface area contributed by atoms with E-state index in [4.69, 9.17) is 11.5 Å². The Balaban J connectivity index is 0.00000325. The average Bonchev–Trinajstić information content (AvgIpc) is 3.07. The van der Waals surface area contributed by atoms with E-state index in [1.54, 1.807) is 48.5 Å². The van der Waals surface area contributed by atoms with Gasteiger partial charge in [-0.15, -0.1) is 0 Å². The van der Waals surface area contributed by atoms with Crippen LogP contribution in [0.3, 0.4) is 0 Å². The van der Waals surface area contributed by atoms with Gasteiger partial charge in [0, 0.05) is 22.7 Å². The van der Waals surface area contributed by atoms with E-state index in [0.717, 1.165) is 12.1 Å². The molecule has 6 rings (SSSR count). The van der Waals surface area contributed by atoms with Gasteiger partial charge in [-0.1, -0.05) is 60.7 Å². The van der Waals surface area contributed by atoms with Gasteiger partial charge in [-0.3, -0.25) is 0 Å². The zero-order valence-corrected chi connectivity index (χ0v) is 34.1. The number of aromatic nitrogens is 6. The molecular formula is C32H26N12Na2O6S2. The fourth-order valence-corrected chi connectivity index (χ4v) is 6.07. The number of para-hydroxylation sites is 2. The molecule has 4 aromatic carbocycles. The van der Waals surface area contributed by atoms with E-state index in [1.807, 2.05) is 12.1 Å². The van der Waals surface area contributed by atoms with Crippen LogP contribution in [0.2, 0.25) is 0 Å². The van der Waals surface area contributed by atoms with Crippen LogP contribution in [0.15, 0.2) is 107 Å². The van der Waals surface area contributed by atoms with Crippen LogP contribution in [0.25, 0.3) is 12.2 Å². The van der Waals surface area contributed by atoms with Crippen molar-refractivity contribution in [1.82, 2.24) is 29.9 Å². The monoisotopic (exact) mass is 784 g/mol. The summed E-state index contributed by atoms with van der Waals surface area (Å²) in [5, 5.41) is 11.5. The van der Waals surface area contributed by atoms with Crippen molar-refractivity contribution in [2.24, 2.45) is 0 Å². The minimum absolute atomic E-state index is 0. The van der Waals surface area contributed by atoms with Crippen molar-refractivity contribution in [2.45, 2.75) is 9.79 Å². The first-order valence-corrected chi connectivity index (χ1v) is 17.7. The van der Waals surface area contributed by atoms with Crippen LogP contribution in [0.5, 0.6) is 0 Å². The molecule has 2 heterocycles. The van der Waals surface area contributed by atoms with Gasteiger partial charge in [0.2, 0.25) is 35.7 Å². The minimum Gasteiger partial charge on any atom is -0.744 e. The Bertz CT molecular complexity index is 2350. The summed E-state index contributed by atoms with van der Waals surface area (Å²) in [6.07, 6.45) is 2.37. The van der Waals surface area contributed by atoms with E-state index in [-0.39, 0.29) is 117 Å². The summed E-state index contributed by atoms with van der Waals surface area (Å²) in [7, 11) is -10.1. The summed E-state index contributed by atoms with van der Waals surface area (Å²) in [5.41, 5.74) is 13.0. The zero-order chi connectivity index (χ0) is 36.9. The van der Waals surface area contributed by atoms with E-state index < -0.39 is 30.0 Å². The van der Waals surface area contributed by atoms with Gasteiger partial charge < -0.3 is 41.8 Å². The molecule has 0 atom stereocenters. The first-order chi connectivity index (χ1) is 24.8. The van der Waals surface area contributed by atoms with E-state index in [2.05, 4.69) is 51.2 Å². The molecule has 264 valence electrons. The second-order valence-corrected chi connectivity index (χ2v) is 13.4. The van der Waals surface area contributed by atoms with Crippen LogP contribution in [0.1, 0.15) is 11.1 Å². The molecule has 0 aliphatic rings. The van der Waals surface area contributed by atoms with E-state index in [9.17, 15) is 25.9 Å². The molecule has 0 bridgehead atoms. The first kappa shape index (κ1) is 42.0. The SMILES string of the molecule is Nc1nc(Nc2ccccc2)nc(Nc2ccc(/C=C/c3ccc(Nc4nc(N)nc(Nc5ccccc5)n4)cc3S(=O)(=O)[O-])c(S(=O)(=O)[O-])c2)n1.[Na+].[Na+]. The predicted molar refractivity (Wildman–Crippen MR) is 192 cm³/mol. The summed E-state index contributed by atoms with van der Waals surface area (Å²) < 4.78 is 73.8. The Kier molecular flexibility index (Phi) is 14.0. The number of hydrogen-bond donors (Lipinski definition) is 6. The molecule has 0 saturated carbocycles. The van der Waals surface area contributed by atoms with Crippen molar-refractivity contribution in [3.63, 3.8) is 0 Å². The Morgan fingerprint density at radius 3 is 1.09 bits per heavy atom. The number of hydrogen-bond acceptors (Lipinski definition) is 18. The van der Waals surface area contributed by atoms with Crippen LogP contribution in [0, 0.1) is 0 Å². The van der Waals surface area contributed by atoms with Gasteiger partial charge in [-0.25, -0.2) is 16.8 Å². The Morgan fingerprint density at radius 2 is 0.778 bits per heavy atom. The zero-order valence-electron chi connectivity index (χ0n) is 28.5. The molecule has 0 saturated heterocycles. The third kappa shape index (κ3) is 11.4. The molecule has 2 aromatic heterocycles. The first-order valence-electron chi connectivity index (χ1n) is 14.9. The molecular weight excluding hydrogens is 759 g/mol. The van der Waals surface area contributed by atoms with E-state index in [0.29, 0.717) is 11.4 Å². The van der Waals surface area contributed by atoms with Gasteiger partial charge in [0.05, 0.1) is 9.79 Å². The molecule has 0 fully saturated rings. The van der Waals surface area contributed by atoms with E-state index >= 15 is 0 Å². The summed E-state index contributed by atoms with van der Waals surface area (Å²) in [6, 6.07) is 25.5. The van der Waals surface area contributed by atoms with Crippen LogP contribution in [0.4, 0.5) is 58.4 Å². The Hall–Kier alpha value is -4.74. The summed E-state index contributed by atoms with van der Waals surface area (Å²) >= 11 is 0. The number of nitrogens with two attached hydrogens (primary N) is 2. The van der Waals surface area contributed by atoms with Gasteiger partial charge >= 0.3 is 59.1 Å². The van der Waals surface area contributed by atoms with Gasteiger partial charge in [0.1, 0.15) is 20.2 Å². The normalized spacial score (nSPS) is 11.2. The third-order valence-electron chi connectivity index (χ3n) is 6.89. The fourth-order valence-electron chi connectivity index (χ4n) is 4.68. The molecule has 0 aliphatic heterocycles. The number of nitrogen functional groups attached to an aromatic ring is 2. The third-order valence-corrected chi connectivity index (χ3v) is 8.67. The molecule has 22 heteroatoms. The maximum Gasteiger partial charge on any atom is 1.00 e. The molecule has 54 heavy (non-hydrogen) atoms. The van der Waals surface area contributed by atoms with E-state index in [1.165, 1.54) is 36.4 Å². The maximum absolute atomic E-state index is 12.3. The predicted octanol–water partition coefficient (Wildman–Crippen LogP) is -1.82. The molecule has 18 nitrogen and oxygen atoms in total. The molecule has 6 aromatic rings. The van der Waals surface area contributed by atoms with Crippen LogP contribution >= 0.6 is 0 Å². The number of nitrogens with zero attached hydrogens (tertiary/aromatic N) is 6. The molecule has 8 N–H and O–H groups in total. The van der Waals surface area contributed by atoms with Crippen LogP contribution < -0.4 is 91.8 Å². The van der Waals surface area contributed by atoms with Crippen molar-refractivity contribution in [3.8, 4) is 0 Å². The van der Waals surface area contributed by atoms with Crippen molar-refractivity contribution in [1.29, 1.82) is 0 Å². The summed E-state index contributed by atoms with van der Waals surface area (Å²) in [4.78, 5) is 23.2. The maximum atomic E-state index is 12.3. The molecule has 0 spiro atoms. The fraction of sp³-hybridized carbons (Fsp3) is 0. The number of anilines is 10. The van der Waals surface area contributed by atoms with Gasteiger partial charge in [0.25, 0.3) is 0 Å². The minimum atomic E-state index is -5.07. The second kappa shape index (κ2) is 18.1. The van der Waals surface area contributed by atoms with Crippen molar-refractivity contribution < 1.29 is 85.1 Å². The largest absolute Gasteiger partial charge is 1.00 e. The Labute approximate surface area is 353 Å². The Morgan fingerprint density at radius 1 is 0.463 bits per heavy atom. The summed E-state index contributed by atoms with van der Waals surface area (Å²) in [6.45, 7) is 0. The number of nitrogens with one attached hydrogen (secondary N) is 4. The summed E-state index contributed by atoms with van der Waals surface area (Å²) in [5.74, 6) is -0.174. The van der Waals surface area contributed by atoms with Gasteiger partial charge in [0.15, 0.2) is 0 Å². The molecule has 0 amide bonds. The van der Waals surface area contributed by atoms with Crippen molar-refractivity contribution >= 4 is 90.8 Å². The molecule has 0 unspecified atom stereocenters. The average molecular weight is 785 g/mol. The van der Waals surface area contributed by atoms with Crippen LogP contribution in [-0.4, -0.2) is 55.8 Å². The number of rotatable bonds is 12. The van der Waals surface area contributed by atoms with Gasteiger partial charge in [-0.05, 0) is 59.7 Å². The van der Waals surface area contributed by atoms with Crippen molar-refractivity contribution in [3.05, 3.63) is 108 Å². The quantitative estimate of drug-likeness (QED) is 0.0452. The smallest absolute Gasteiger partial charge is 0.744 e. The topological polar surface area (TPSA) is 292 Å². The molecule has 0 aliphatic carbocycles. The van der Waals surface area contributed by atoms with Crippen molar-refractivity contribution in [2.75, 3.05) is 32.7 Å². The van der Waals surface area contributed by atoms with Gasteiger partial charge in [-0.2, -0.15) is 29.9 Å².